The monoisotopic (exact) mass is 369 g/mol. The molecule has 3 rings (SSSR count). The van der Waals surface area contributed by atoms with E-state index in [4.69, 9.17) is 16.3 Å². The van der Waals surface area contributed by atoms with E-state index < -0.39 is 0 Å². The van der Waals surface area contributed by atoms with Crippen LogP contribution in [0.5, 0.6) is 5.75 Å². The van der Waals surface area contributed by atoms with Gasteiger partial charge in [-0.05, 0) is 30.3 Å². The van der Waals surface area contributed by atoms with Crippen LogP contribution in [-0.2, 0) is 6.54 Å². The van der Waals surface area contributed by atoms with Gasteiger partial charge in [0.15, 0.2) is 0 Å². The Kier molecular flexibility index (Phi) is 5.60. The molecule has 0 bridgehead atoms. The van der Waals surface area contributed by atoms with Crippen LogP contribution in [0.15, 0.2) is 55.0 Å². The van der Waals surface area contributed by atoms with Gasteiger partial charge in [-0.1, -0.05) is 17.7 Å². The summed E-state index contributed by atoms with van der Waals surface area (Å²) >= 11 is 6.07. The van der Waals surface area contributed by atoms with E-state index in [1.165, 1.54) is 13.4 Å². The van der Waals surface area contributed by atoms with Gasteiger partial charge < -0.3 is 15.4 Å². The van der Waals surface area contributed by atoms with Gasteiger partial charge in [0, 0.05) is 18.0 Å². The standard InChI is InChI=1S/C18H16ClN5O2/c1-26-16-6-5-12(8-14(16)19)24-18(25)15-9-17(23-11-22-15)21-10-13-4-2-3-7-20-13/h2-9,11H,10H2,1H3,(H,24,25)(H,21,22,23). The number of ether oxygens (including phenoxy) is 1. The Bertz CT molecular complexity index is 905. The number of hydrogen-bond acceptors (Lipinski definition) is 6. The minimum atomic E-state index is -0.366. The van der Waals surface area contributed by atoms with Crippen LogP contribution in [0.2, 0.25) is 5.02 Å². The van der Waals surface area contributed by atoms with Crippen LogP contribution in [0.1, 0.15) is 16.2 Å². The Morgan fingerprint density at radius 2 is 2.04 bits per heavy atom. The highest BCUT2D eigenvalue weighted by Crippen LogP contribution is 2.27. The van der Waals surface area contributed by atoms with Gasteiger partial charge in [0.05, 0.1) is 24.4 Å². The van der Waals surface area contributed by atoms with Crippen LogP contribution in [0.3, 0.4) is 0 Å². The topological polar surface area (TPSA) is 89.0 Å². The van der Waals surface area contributed by atoms with Gasteiger partial charge in [0.1, 0.15) is 23.6 Å². The molecule has 3 aromatic rings. The van der Waals surface area contributed by atoms with Crippen LogP contribution in [0, 0.1) is 0 Å². The number of anilines is 2. The molecular weight excluding hydrogens is 354 g/mol. The molecule has 0 aliphatic heterocycles. The van der Waals surface area contributed by atoms with Gasteiger partial charge in [-0.3, -0.25) is 9.78 Å². The number of carbonyl (C=O) groups is 1. The summed E-state index contributed by atoms with van der Waals surface area (Å²) < 4.78 is 5.09. The average molecular weight is 370 g/mol. The number of nitrogens with zero attached hydrogens (tertiary/aromatic N) is 3. The van der Waals surface area contributed by atoms with Crippen LogP contribution < -0.4 is 15.4 Å². The van der Waals surface area contributed by atoms with Crippen LogP contribution in [0.4, 0.5) is 11.5 Å². The molecule has 2 aromatic heterocycles. The minimum absolute atomic E-state index is 0.232. The van der Waals surface area contributed by atoms with E-state index in [0.717, 1.165) is 5.69 Å². The number of hydrogen-bond donors (Lipinski definition) is 2. The van der Waals surface area contributed by atoms with E-state index in [2.05, 4.69) is 25.6 Å². The van der Waals surface area contributed by atoms with E-state index in [1.807, 2.05) is 18.2 Å². The average Bonchev–Trinajstić information content (AvgIpc) is 2.67. The molecule has 0 spiro atoms. The molecule has 2 heterocycles. The van der Waals surface area contributed by atoms with Crippen molar-refractivity contribution in [2.24, 2.45) is 0 Å². The lowest BCUT2D eigenvalue weighted by Crippen LogP contribution is -2.14. The maximum atomic E-state index is 12.4. The predicted octanol–water partition coefficient (Wildman–Crippen LogP) is 3.40. The summed E-state index contributed by atoms with van der Waals surface area (Å²) in [5, 5.41) is 6.26. The summed E-state index contributed by atoms with van der Waals surface area (Å²) in [6, 6.07) is 12.2. The van der Waals surface area contributed by atoms with Gasteiger partial charge >= 0.3 is 0 Å². The fraction of sp³-hybridized carbons (Fsp3) is 0.111. The number of benzene rings is 1. The van der Waals surface area contributed by atoms with Gasteiger partial charge in [-0.2, -0.15) is 0 Å². The maximum absolute atomic E-state index is 12.4. The molecule has 1 aromatic carbocycles. The summed E-state index contributed by atoms with van der Waals surface area (Å²) in [7, 11) is 1.53. The van der Waals surface area contributed by atoms with Crippen molar-refractivity contribution in [2.45, 2.75) is 6.54 Å². The molecular formula is C18H16ClN5O2. The summed E-state index contributed by atoms with van der Waals surface area (Å²) in [6.45, 7) is 0.493. The Balaban J connectivity index is 1.67. The molecule has 0 saturated heterocycles. The maximum Gasteiger partial charge on any atom is 0.274 e. The second kappa shape index (κ2) is 8.26. The number of methoxy groups -OCH3 is 1. The zero-order valence-electron chi connectivity index (χ0n) is 13.9. The lowest BCUT2D eigenvalue weighted by atomic mass is 10.2. The first-order valence-electron chi connectivity index (χ1n) is 7.76. The van der Waals surface area contributed by atoms with Crippen molar-refractivity contribution in [1.29, 1.82) is 0 Å². The summed E-state index contributed by atoms with van der Waals surface area (Å²) in [6.07, 6.45) is 3.05. The van der Waals surface area contributed by atoms with E-state index in [1.54, 1.807) is 30.5 Å². The molecule has 7 nitrogen and oxygen atoms in total. The summed E-state index contributed by atoms with van der Waals surface area (Å²) in [5.41, 5.74) is 1.64. The molecule has 0 aliphatic carbocycles. The van der Waals surface area contributed by atoms with Crippen molar-refractivity contribution in [1.82, 2.24) is 15.0 Å². The number of carbonyl (C=O) groups excluding carboxylic acids is 1. The molecule has 0 atom stereocenters. The van der Waals surface area contributed by atoms with Crippen LogP contribution >= 0.6 is 11.6 Å². The van der Waals surface area contributed by atoms with E-state index in [9.17, 15) is 4.79 Å². The summed E-state index contributed by atoms with van der Waals surface area (Å²) in [4.78, 5) is 24.7. The largest absolute Gasteiger partial charge is 0.495 e. The lowest BCUT2D eigenvalue weighted by molar-refractivity contribution is 0.102. The van der Waals surface area contributed by atoms with Crippen molar-refractivity contribution in [3.8, 4) is 5.75 Å². The van der Waals surface area contributed by atoms with Gasteiger partial charge in [0.25, 0.3) is 5.91 Å². The molecule has 0 unspecified atom stereocenters. The molecule has 0 aliphatic rings. The minimum Gasteiger partial charge on any atom is -0.495 e. The van der Waals surface area contributed by atoms with Crippen LogP contribution in [-0.4, -0.2) is 28.0 Å². The first-order chi connectivity index (χ1) is 12.7. The highest BCUT2D eigenvalue weighted by molar-refractivity contribution is 6.32. The molecule has 0 radical (unpaired) electrons. The van der Waals surface area contributed by atoms with Crippen molar-refractivity contribution in [3.63, 3.8) is 0 Å². The van der Waals surface area contributed by atoms with Gasteiger partial charge in [-0.15, -0.1) is 0 Å². The Hall–Kier alpha value is -3.19. The molecule has 1 amide bonds. The zero-order chi connectivity index (χ0) is 18.4. The van der Waals surface area contributed by atoms with Gasteiger partial charge in [0.2, 0.25) is 0 Å². The molecule has 132 valence electrons. The number of aromatic nitrogens is 3. The van der Waals surface area contributed by atoms with Crippen molar-refractivity contribution < 1.29 is 9.53 Å². The van der Waals surface area contributed by atoms with E-state index in [0.29, 0.717) is 28.8 Å². The number of nitrogens with one attached hydrogen (secondary N) is 2. The van der Waals surface area contributed by atoms with E-state index in [-0.39, 0.29) is 11.6 Å². The zero-order valence-corrected chi connectivity index (χ0v) is 14.7. The van der Waals surface area contributed by atoms with Crippen molar-refractivity contribution >= 4 is 29.0 Å². The predicted molar refractivity (Wildman–Crippen MR) is 99.6 cm³/mol. The second-order valence-corrected chi connectivity index (χ2v) is 5.67. The molecule has 8 heteroatoms. The van der Waals surface area contributed by atoms with Crippen molar-refractivity contribution in [2.75, 3.05) is 17.7 Å². The van der Waals surface area contributed by atoms with Crippen molar-refractivity contribution in [3.05, 3.63) is 71.4 Å². The van der Waals surface area contributed by atoms with Gasteiger partial charge in [-0.25, -0.2) is 9.97 Å². The Morgan fingerprint density at radius 3 is 2.77 bits per heavy atom. The smallest absolute Gasteiger partial charge is 0.274 e. The number of amides is 1. The fourth-order valence-electron chi connectivity index (χ4n) is 2.20. The number of halogens is 1. The highest BCUT2D eigenvalue weighted by atomic mass is 35.5. The normalized spacial score (nSPS) is 10.2. The number of pyridine rings is 1. The number of rotatable bonds is 6. The van der Waals surface area contributed by atoms with Crippen LogP contribution in [0.25, 0.3) is 0 Å². The third-order valence-corrected chi connectivity index (χ3v) is 3.78. The molecule has 0 saturated carbocycles. The quantitative estimate of drug-likeness (QED) is 0.692. The third kappa shape index (κ3) is 4.46. The summed E-state index contributed by atoms with van der Waals surface area (Å²) in [5.74, 6) is 0.700. The molecule has 26 heavy (non-hydrogen) atoms. The molecule has 0 fully saturated rings. The SMILES string of the molecule is COc1ccc(NC(=O)c2cc(NCc3ccccn3)ncn2)cc1Cl. The molecule has 2 N–H and O–H groups in total. The Labute approximate surface area is 155 Å². The lowest BCUT2D eigenvalue weighted by Gasteiger charge is -2.09. The first kappa shape index (κ1) is 17.6. The second-order valence-electron chi connectivity index (χ2n) is 5.27. The Morgan fingerprint density at radius 1 is 1.15 bits per heavy atom. The fourth-order valence-corrected chi connectivity index (χ4v) is 2.46. The first-order valence-corrected chi connectivity index (χ1v) is 8.14. The third-order valence-electron chi connectivity index (χ3n) is 3.49. The highest BCUT2D eigenvalue weighted by Gasteiger charge is 2.11. The van der Waals surface area contributed by atoms with E-state index >= 15 is 0 Å².